The summed E-state index contributed by atoms with van der Waals surface area (Å²) >= 11 is 1.17. The first-order valence-corrected chi connectivity index (χ1v) is 12.4. The molecule has 1 aromatic carbocycles. The Labute approximate surface area is 190 Å². The van der Waals surface area contributed by atoms with Gasteiger partial charge in [0.1, 0.15) is 5.00 Å². The fraction of sp³-hybridized carbons (Fsp3) is 0.381. The third-order valence-corrected chi connectivity index (χ3v) is 8.39. The number of carbonyl (C=O) groups excluding carboxylic acids is 3. The molecule has 0 spiro atoms. The van der Waals surface area contributed by atoms with E-state index >= 15 is 0 Å². The lowest BCUT2D eigenvalue weighted by Crippen LogP contribution is -2.36. The third kappa shape index (κ3) is 4.63. The molecular weight excluding hydrogens is 454 g/mol. The Kier molecular flexibility index (Phi) is 6.89. The molecule has 32 heavy (non-hydrogen) atoms. The van der Waals surface area contributed by atoms with Crippen molar-refractivity contribution >= 4 is 44.1 Å². The fourth-order valence-electron chi connectivity index (χ4n) is 3.38. The predicted octanol–water partition coefficient (Wildman–Crippen LogP) is 2.80. The molecule has 0 radical (unpaired) electrons. The van der Waals surface area contributed by atoms with Gasteiger partial charge >= 0.3 is 6.09 Å². The molecule has 2 aromatic rings. The smallest absolute Gasteiger partial charge is 0.410 e. The number of thiophene rings is 1. The number of ether oxygens (including phenoxy) is 1. The summed E-state index contributed by atoms with van der Waals surface area (Å²) in [5.41, 5.74) is 6.65. The number of nitrogens with zero attached hydrogens (tertiary/aromatic N) is 1. The van der Waals surface area contributed by atoms with Crippen LogP contribution in [0.4, 0.5) is 9.80 Å². The van der Waals surface area contributed by atoms with E-state index < -0.39 is 33.0 Å². The first kappa shape index (κ1) is 23.7. The van der Waals surface area contributed by atoms with E-state index in [4.69, 9.17) is 10.5 Å². The lowest BCUT2D eigenvalue weighted by molar-refractivity contribution is 0.0997. The lowest BCUT2D eigenvalue weighted by atomic mass is 10.0. The molecule has 1 aliphatic heterocycles. The zero-order chi connectivity index (χ0) is 23.6. The Bertz CT molecular complexity index is 1170. The van der Waals surface area contributed by atoms with E-state index in [1.165, 1.54) is 40.5 Å². The highest BCUT2D eigenvalue weighted by Crippen LogP contribution is 2.37. The molecule has 2 heterocycles. The van der Waals surface area contributed by atoms with Gasteiger partial charge < -0.3 is 20.7 Å². The van der Waals surface area contributed by atoms with E-state index in [0.717, 1.165) is 4.88 Å². The van der Waals surface area contributed by atoms with Gasteiger partial charge in [-0.15, -0.1) is 11.3 Å². The molecule has 9 nitrogen and oxygen atoms in total. The van der Waals surface area contributed by atoms with E-state index in [1.807, 2.05) is 0 Å². The molecule has 3 N–H and O–H groups in total. The molecule has 0 saturated carbocycles. The van der Waals surface area contributed by atoms with Crippen molar-refractivity contribution in [3.63, 3.8) is 0 Å². The highest BCUT2D eigenvalue weighted by atomic mass is 32.2. The van der Waals surface area contributed by atoms with Crippen LogP contribution < -0.4 is 11.1 Å². The minimum Gasteiger partial charge on any atom is -0.450 e. The van der Waals surface area contributed by atoms with Crippen molar-refractivity contribution in [2.24, 2.45) is 5.73 Å². The second kappa shape index (κ2) is 9.29. The Morgan fingerprint density at radius 3 is 2.62 bits per heavy atom. The molecule has 0 saturated heterocycles. The summed E-state index contributed by atoms with van der Waals surface area (Å²) in [7, 11) is -3.55. The molecule has 1 aliphatic rings. The number of amides is 3. The number of anilines is 1. The zero-order valence-corrected chi connectivity index (χ0v) is 19.6. The molecule has 0 aliphatic carbocycles. The van der Waals surface area contributed by atoms with E-state index in [1.54, 1.807) is 20.8 Å². The Hall–Kier alpha value is -2.92. The first-order valence-electron chi connectivity index (χ1n) is 10.1. The van der Waals surface area contributed by atoms with Gasteiger partial charge in [0.25, 0.3) is 11.8 Å². The maximum absolute atomic E-state index is 12.9. The fourth-order valence-corrected chi connectivity index (χ4v) is 5.75. The number of carbonyl (C=O) groups is 3. The lowest BCUT2D eigenvalue weighted by Gasteiger charge is -2.26. The van der Waals surface area contributed by atoms with Crippen LogP contribution in [0.3, 0.4) is 0 Å². The quantitative estimate of drug-likeness (QED) is 0.654. The number of primary amides is 1. The molecule has 11 heteroatoms. The van der Waals surface area contributed by atoms with Gasteiger partial charge in [0.2, 0.25) is 0 Å². The van der Waals surface area contributed by atoms with Gasteiger partial charge in [-0.3, -0.25) is 9.59 Å². The minimum atomic E-state index is -3.55. The number of sulfone groups is 1. The molecule has 1 aromatic heterocycles. The summed E-state index contributed by atoms with van der Waals surface area (Å²) in [6.07, 6.45) is -0.0399. The summed E-state index contributed by atoms with van der Waals surface area (Å²) in [5, 5.41) is 2.33. The molecule has 0 atom stereocenters. The third-order valence-electron chi connectivity index (χ3n) is 5.10. The largest absolute Gasteiger partial charge is 0.450 e. The summed E-state index contributed by atoms with van der Waals surface area (Å²) in [6, 6.07) is 5.74. The molecule has 3 rings (SSSR count). The van der Waals surface area contributed by atoms with E-state index in [0.29, 0.717) is 18.5 Å². The van der Waals surface area contributed by atoms with E-state index in [-0.39, 0.29) is 34.2 Å². The molecule has 0 bridgehead atoms. The molecule has 3 amide bonds. The summed E-state index contributed by atoms with van der Waals surface area (Å²) in [5.74, 6) is -1.24. The number of nitrogens with two attached hydrogens (primary N) is 1. The standard InChI is InChI=1S/C21H25N3O6S2/c1-4-30-21(27)24-9-8-15-16(11-24)31-20(17(15)18(22)25)23-19(26)13-6-5-7-14(10-13)32(28,29)12(2)3/h5-7,10,12H,4,8-9,11H2,1-3H3,(H2,22,25)(H,23,26). The number of nitrogens with one attached hydrogen (secondary N) is 1. The van der Waals surface area contributed by atoms with Gasteiger partial charge in [0.15, 0.2) is 9.84 Å². The SMILES string of the molecule is CCOC(=O)N1CCc2c(sc(NC(=O)c3cccc(S(=O)(=O)C(C)C)c3)c2C(N)=O)C1. The van der Waals surface area contributed by atoms with Crippen LogP contribution in [-0.4, -0.2) is 49.6 Å². The van der Waals surface area contributed by atoms with Crippen LogP contribution in [0.2, 0.25) is 0 Å². The molecular formula is C21H25N3O6S2. The van der Waals surface area contributed by atoms with Crippen LogP contribution in [0.5, 0.6) is 0 Å². The van der Waals surface area contributed by atoms with Crippen LogP contribution in [0, 0.1) is 0 Å². The van der Waals surface area contributed by atoms with Gasteiger partial charge in [-0.1, -0.05) is 6.07 Å². The van der Waals surface area contributed by atoms with Crippen LogP contribution in [0.1, 0.15) is 51.9 Å². The van der Waals surface area contributed by atoms with Gasteiger partial charge in [-0.05, 0) is 51.0 Å². The first-order chi connectivity index (χ1) is 15.1. The number of rotatable bonds is 6. The van der Waals surface area contributed by atoms with E-state index in [2.05, 4.69) is 5.32 Å². The van der Waals surface area contributed by atoms with Crippen molar-refractivity contribution in [3.05, 3.63) is 45.8 Å². The van der Waals surface area contributed by atoms with Crippen LogP contribution in [-0.2, 0) is 27.5 Å². The normalized spacial score (nSPS) is 13.6. The zero-order valence-electron chi connectivity index (χ0n) is 18.0. The molecule has 172 valence electrons. The second-order valence-electron chi connectivity index (χ2n) is 7.52. The van der Waals surface area contributed by atoms with Gasteiger partial charge in [0, 0.05) is 17.0 Å². The van der Waals surface area contributed by atoms with Crippen molar-refractivity contribution in [1.29, 1.82) is 0 Å². The Balaban J connectivity index is 1.89. The van der Waals surface area contributed by atoms with Crippen molar-refractivity contribution in [3.8, 4) is 0 Å². The maximum atomic E-state index is 12.9. The van der Waals surface area contributed by atoms with Crippen LogP contribution >= 0.6 is 11.3 Å². The number of hydrogen-bond donors (Lipinski definition) is 2. The number of benzene rings is 1. The topological polar surface area (TPSA) is 136 Å². The summed E-state index contributed by atoms with van der Waals surface area (Å²) < 4.78 is 29.9. The van der Waals surface area contributed by atoms with Gasteiger partial charge in [0.05, 0.1) is 28.9 Å². The Morgan fingerprint density at radius 2 is 2.00 bits per heavy atom. The maximum Gasteiger partial charge on any atom is 0.410 e. The average Bonchev–Trinajstić information content (AvgIpc) is 3.10. The van der Waals surface area contributed by atoms with Gasteiger partial charge in [-0.25, -0.2) is 13.2 Å². The average molecular weight is 480 g/mol. The summed E-state index contributed by atoms with van der Waals surface area (Å²) in [4.78, 5) is 39.4. The van der Waals surface area contributed by atoms with Crippen molar-refractivity contribution in [2.75, 3.05) is 18.5 Å². The second-order valence-corrected chi connectivity index (χ2v) is 11.1. The highest BCUT2D eigenvalue weighted by molar-refractivity contribution is 7.92. The Morgan fingerprint density at radius 1 is 1.28 bits per heavy atom. The van der Waals surface area contributed by atoms with Crippen molar-refractivity contribution in [2.45, 2.75) is 43.9 Å². The monoisotopic (exact) mass is 479 g/mol. The predicted molar refractivity (Wildman–Crippen MR) is 121 cm³/mol. The number of hydrogen-bond acceptors (Lipinski definition) is 7. The van der Waals surface area contributed by atoms with Crippen LogP contribution in [0.15, 0.2) is 29.2 Å². The minimum absolute atomic E-state index is 0.0471. The van der Waals surface area contributed by atoms with Crippen LogP contribution in [0.25, 0.3) is 0 Å². The highest BCUT2D eigenvalue weighted by Gasteiger charge is 2.30. The molecule has 0 fully saturated rings. The molecule has 0 unspecified atom stereocenters. The van der Waals surface area contributed by atoms with E-state index in [9.17, 15) is 22.8 Å². The van der Waals surface area contributed by atoms with Gasteiger partial charge in [-0.2, -0.15) is 0 Å². The van der Waals surface area contributed by atoms with Crippen molar-refractivity contribution in [1.82, 2.24) is 4.90 Å². The summed E-state index contributed by atoms with van der Waals surface area (Å²) in [6.45, 7) is 5.72. The van der Waals surface area contributed by atoms with Crippen molar-refractivity contribution < 1.29 is 27.5 Å². The number of fused-ring (bicyclic) bond motifs is 1.